The van der Waals surface area contributed by atoms with Crippen LogP contribution in [0.3, 0.4) is 0 Å². The van der Waals surface area contributed by atoms with E-state index in [2.05, 4.69) is 0 Å². The van der Waals surface area contributed by atoms with Gasteiger partial charge in [0.25, 0.3) is 0 Å². The molecule has 0 aromatic carbocycles. The van der Waals surface area contributed by atoms with Crippen LogP contribution in [0, 0.1) is 0 Å². The highest BCUT2D eigenvalue weighted by Gasteiger charge is 2.40. The molecule has 3 heteroatoms. The Bertz CT molecular complexity index is 154. The van der Waals surface area contributed by atoms with Crippen molar-refractivity contribution in [3.05, 3.63) is 0 Å². The third-order valence-corrected chi connectivity index (χ3v) is 2.47. The van der Waals surface area contributed by atoms with Crippen LogP contribution in [0.15, 0.2) is 0 Å². The van der Waals surface area contributed by atoms with E-state index in [0.29, 0.717) is 19.4 Å². The summed E-state index contributed by atoms with van der Waals surface area (Å²) in [6.45, 7) is 2.34. The fourth-order valence-corrected chi connectivity index (χ4v) is 1.82. The van der Waals surface area contributed by atoms with Crippen molar-refractivity contribution in [3.63, 3.8) is 0 Å². The molecule has 0 aromatic heterocycles. The van der Waals surface area contributed by atoms with Crippen molar-refractivity contribution >= 4 is 5.97 Å². The number of carbonyl (C=O) groups is 1. The van der Waals surface area contributed by atoms with Gasteiger partial charge in [-0.15, -0.1) is 0 Å². The van der Waals surface area contributed by atoms with Gasteiger partial charge in [-0.05, 0) is 32.6 Å². The van der Waals surface area contributed by atoms with Gasteiger partial charge in [0.15, 0.2) is 5.60 Å². The Morgan fingerprint density at radius 1 is 1.42 bits per heavy atom. The highest BCUT2D eigenvalue weighted by molar-refractivity contribution is 5.77. The molecule has 3 nitrogen and oxygen atoms in total. The van der Waals surface area contributed by atoms with E-state index in [1.807, 2.05) is 6.92 Å². The SMILES string of the molecule is CCOC1(C(=O)O)CCCCC1. The lowest BCUT2D eigenvalue weighted by atomic mass is 9.85. The van der Waals surface area contributed by atoms with Gasteiger partial charge in [0.05, 0.1) is 0 Å². The zero-order valence-electron chi connectivity index (χ0n) is 7.51. The average molecular weight is 172 g/mol. The van der Waals surface area contributed by atoms with Crippen molar-refractivity contribution in [1.82, 2.24) is 0 Å². The minimum absolute atomic E-state index is 0.492. The first-order valence-corrected chi connectivity index (χ1v) is 4.58. The second-order valence-electron chi connectivity index (χ2n) is 3.29. The Kier molecular flexibility index (Phi) is 3.09. The second kappa shape index (κ2) is 3.90. The van der Waals surface area contributed by atoms with Crippen LogP contribution in [0.4, 0.5) is 0 Å². The van der Waals surface area contributed by atoms with Gasteiger partial charge in [-0.2, -0.15) is 0 Å². The highest BCUT2D eigenvalue weighted by atomic mass is 16.5. The highest BCUT2D eigenvalue weighted by Crippen LogP contribution is 2.31. The molecule has 0 unspecified atom stereocenters. The first-order valence-electron chi connectivity index (χ1n) is 4.58. The molecule has 1 aliphatic carbocycles. The molecule has 1 fully saturated rings. The molecule has 0 atom stereocenters. The zero-order valence-corrected chi connectivity index (χ0v) is 7.51. The van der Waals surface area contributed by atoms with E-state index < -0.39 is 11.6 Å². The van der Waals surface area contributed by atoms with Crippen LogP contribution in [0.1, 0.15) is 39.0 Å². The summed E-state index contributed by atoms with van der Waals surface area (Å²) in [4.78, 5) is 10.9. The number of carboxylic acid groups (broad SMARTS) is 1. The van der Waals surface area contributed by atoms with E-state index in [9.17, 15) is 4.79 Å². The van der Waals surface area contributed by atoms with Gasteiger partial charge in [0, 0.05) is 6.61 Å². The molecular formula is C9H16O3. The predicted molar refractivity (Wildman–Crippen MR) is 45.1 cm³/mol. The van der Waals surface area contributed by atoms with Crippen molar-refractivity contribution in [2.24, 2.45) is 0 Å². The standard InChI is InChI=1S/C9H16O3/c1-2-12-9(8(10)11)6-4-3-5-7-9/h2-7H2,1H3,(H,10,11). The van der Waals surface area contributed by atoms with Crippen LogP contribution in [0.25, 0.3) is 0 Å². The summed E-state index contributed by atoms with van der Waals surface area (Å²) in [7, 11) is 0. The van der Waals surface area contributed by atoms with Crippen molar-refractivity contribution in [2.45, 2.75) is 44.6 Å². The number of hydrogen-bond donors (Lipinski definition) is 1. The molecule has 0 aromatic rings. The number of aliphatic carboxylic acids is 1. The molecule has 0 amide bonds. The lowest BCUT2D eigenvalue weighted by Gasteiger charge is -2.32. The van der Waals surface area contributed by atoms with Crippen molar-refractivity contribution in [3.8, 4) is 0 Å². The molecule has 1 rings (SSSR count). The molecule has 1 N–H and O–H groups in total. The fraction of sp³-hybridized carbons (Fsp3) is 0.889. The maximum absolute atomic E-state index is 10.9. The summed E-state index contributed by atoms with van der Waals surface area (Å²) in [5, 5.41) is 8.99. The van der Waals surface area contributed by atoms with Crippen LogP contribution in [0.5, 0.6) is 0 Å². The largest absolute Gasteiger partial charge is 0.479 e. The van der Waals surface area contributed by atoms with E-state index in [1.54, 1.807) is 0 Å². The van der Waals surface area contributed by atoms with Gasteiger partial charge < -0.3 is 9.84 Å². The molecule has 0 spiro atoms. The van der Waals surface area contributed by atoms with Crippen LogP contribution < -0.4 is 0 Å². The summed E-state index contributed by atoms with van der Waals surface area (Å²) in [5.74, 6) is -0.788. The molecule has 0 saturated heterocycles. The lowest BCUT2D eigenvalue weighted by molar-refractivity contribution is -0.170. The average Bonchev–Trinajstić information content (AvgIpc) is 2.06. The number of hydrogen-bond acceptors (Lipinski definition) is 2. The summed E-state index contributed by atoms with van der Waals surface area (Å²) >= 11 is 0. The molecule has 0 aliphatic heterocycles. The molecule has 0 radical (unpaired) electrons. The van der Waals surface area contributed by atoms with Crippen LogP contribution >= 0.6 is 0 Å². The maximum atomic E-state index is 10.9. The quantitative estimate of drug-likeness (QED) is 0.706. The minimum Gasteiger partial charge on any atom is -0.479 e. The second-order valence-corrected chi connectivity index (χ2v) is 3.29. The number of ether oxygens (including phenoxy) is 1. The Labute approximate surface area is 72.7 Å². The first kappa shape index (κ1) is 9.52. The van der Waals surface area contributed by atoms with E-state index in [4.69, 9.17) is 9.84 Å². The Hall–Kier alpha value is -0.570. The van der Waals surface area contributed by atoms with E-state index >= 15 is 0 Å². The van der Waals surface area contributed by atoms with Gasteiger partial charge >= 0.3 is 5.97 Å². The Morgan fingerprint density at radius 3 is 2.42 bits per heavy atom. The van der Waals surface area contributed by atoms with E-state index in [-0.39, 0.29) is 0 Å². The summed E-state index contributed by atoms with van der Waals surface area (Å²) < 4.78 is 5.33. The van der Waals surface area contributed by atoms with Crippen LogP contribution in [-0.2, 0) is 9.53 Å². The van der Waals surface area contributed by atoms with Gasteiger partial charge in [0.2, 0.25) is 0 Å². The Balaban J connectivity index is 2.63. The predicted octanol–water partition coefficient (Wildman–Crippen LogP) is 1.81. The van der Waals surface area contributed by atoms with E-state index in [0.717, 1.165) is 19.3 Å². The van der Waals surface area contributed by atoms with Crippen molar-refractivity contribution < 1.29 is 14.6 Å². The normalized spacial score (nSPS) is 22.1. The summed E-state index contributed by atoms with van der Waals surface area (Å²) in [6.07, 6.45) is 4.45. The number of rotatable bonds is 3. The van der Waals surface area contributed by atoms with Gasteiger partial charge in [-0.1, -0.05) is 6.42 Å². The van der Waals surface area contributed by atoms with E-state index in [1.165, 1.54) is 0 Å². The van der Waals surface area contributed by atoms with Crippen molar-refractivity contribution in [1.29, 1.82) is 0 Å². The molecular weight excluding hydrogens is 156 g/mol. The molecule has 1 aliphatic rings. The van der Waals surface area contributed by atoms with Crippen LogP contribution in [0.2, 0.25) is 0 Å². The topological polar surface area (TPSA) is 46.5 Å². The van der Waals surface area contributed by atoms with Crippen molar-refractivity contribution in [2.75, 3.05) is 6.61 Å². The summed E-state index contributed by atoms with van der Waals surface area (Å²) in [5.41, 5.74) is -0.854. The lowest BCUT2D eigenvalue weighted by Crippen LogP contribution is -2.43. The van der Waals surface area contributed by atoms with Gasteiger partial charge in [-0.3, -0.25) is 0 Å². The third-order valence-electron chi connectivity index (χ3n) is 2.47. The third kappa shape index (κ3) is 1.78. The summed E-state index contributed by atoms with van der Waals surface area (Å²) in [6, 6.07) is 0. The maximum Gasteiger partial charge on any atom is 0.335 e. The minimum atomic E-state index is -0.854. The van der Waals surface area contributed by atoms with Crippen LogP contribution in [-0.4, -0.2) is 23.3 Å². The molecule has 0 heterocycles. The van der Waals surface area contributed by atoms with Gasteiger partial charge in [0.1, 0.15) is 0 Å². The molecule has 1 saturated carbocycles. The fourth-order valence-electron chi connectivity index (χ4n) is 1.82. The molecule has 70 valence electrons. The molecule has 0 bridgehead atoms. The van der Waals surface area contributed by atoms with Gasteiger partial charge in [-0.25, -0.2) is 4.79 Å². The molecule has 12 heavy (non-hydrogen) atoms. The Morgan fingerprint density at radius 2 is 2.00 bits per heavy atom. The monoisotopic (exact) mass is 172 g/mol. The smallest absolute Gasteiger partial charge is 0.335 e. The first-order chi connectivity index (χ1) is 5.71. The number of carboxylic acids is 1. The zero-order chi connectivity index (χ0) is 9.03.